The fourth-order valence-corrected chi connectivity index (χ4v) is 4.33. The molecule has 0 radical (unpaired) electrons. The Morgan fingerprint density at radius 1 is 0.973 bits per heavy atom. The van der Waals surface area contributed by atoms with Crippen molar-refractivity contribution < 1.29 is 9.63 Å². The van der Waals surface area contributed by atoms with Gasteiger partial charge in [-0.2, -0.15) is 5.10 Å². The van der Waals surface area contributed by atoms with Gasteiger partial charge in [0.1, 0.15) is 17.5 Å². The summed E-state index contributed by atoms with van der Waals surface area (Å²) in [7, 11) is 3.36. The Labute approximate surface area is 213 Å². The number of para-hydroxylation sites is 1. The second kappa shape index (κ2) is 9.43. The van der Waals surface area contributed by atoms with Crippen LogP contribution in [-0.4, -0.2) is 55.0 Å². The second-order valence-corrected chi connectivity index (χ2v) is 8.71. The first-order chi connectivity index (χ1) is 17.7. The average Bonchev–Trinajstić information content (AvgIpc) is 3.24. The molecule has 3 aromatic heterocycles. The number of nitrogens with one attached hydrogen (secondary N) is 3. The third-order valence-electron chi connectivity index (χ3n) is 5.98. The molecule has 4 heterocycles. The van der Waals surface area contributed by atoms with E-state index in [9.17, 15) is 4.79 Å². The molecule has 0 bridgehead atoms. The van der Waals surface area contributed by atoms with Crippen LogP contribution in [0, 0.1) is 20.8 Å². The van der Waals surface area contributed by atoms with Crippen LogP contribution in [0.1, 0.15) is 46.6 Å². The van der Waals surface area contributed by atoms with E-state index in [1.807, 2.05) is 50.7 Å². The highest BCUT2D eigenvalue weighted by Gasteiger charge is 2.31. The van der Waals surface area contributed by atoms with Crippen molar-refractivity contribution >= 4 is 34.6 Å². The Bertz CT molecular complexity index is 1480. The fraction of sp³-hybridized carbons (Fsp3) is 0.292. The number of carbonyl (C=O) groups excluding carboxylic acids is 1. The average molecular weight is 502 g/mol. The third kappa shape index (κ3) is 4.51. The van der Waals surface area contributed by atoms with Crippen molar-refractivity contribution in [3.8, 4) is 5.69 Å². The van der Waals surface area contributed by atoms with Crippen molar-refractivity contribution in [1.29, 1.82) is 0 Å². The number of benzene rings is 1. The molecule has 0 fully saturated rings. The number of aryl methyl sites for hydroxylation is 3. The Balaban J connectivity index is 1.58. The second-order valence-electron chi connectivity index (χ2n) is 8.71. The van der Waals surface area contributed by atoms with Crippen LogP contribution in [0.2, 0.25) is 0 Å². The van der Waals surface area contributed by atoms with E-state index >= 15 is 0 Å². The van der Waals surface area contributed by atoms with Crippen LogP contribution in [0.4, 0.5) is 28.7 Å². The van der Waals surface area contributed by atoms with Crippen molar-refractivity contribution in [3.63, 3.8) is 0 Å². The highest BCUT2D eigenvalue weighted by Crippen LogP contribution is 2.42. The quantitative estimate of drug-likeness (QED) is 0.335. The van der Waals surface area contributed by atoms with Gasteiger partial charge in [-0.3, -0.25) is 9.63 Å². The number of carbonyl (C=O) groups is 1. The molecule has 0 aliphatic carbocycles. The van der Waals surface area contributed by atoms with E-state index in [1.54, 1.807) is 12.1 Å². The third-order valence-corrected chi connectivity index (χ3v) is 5.98. The summed E-state index contributed by atoms with van der Waals surface area (Å²) in [6.07, 6.45) is 0. The van der Waals surface area contributed by atoms with Gasteiger partial charge < -0.3 is 15.5 Å². The van der Waals surface area contributed by atoms with E-state index in [4.69, 9.17) is 4.84 Å². The number of hydrogen-bond acceptors (Lipinski definition) is 11. The number of rotatable bonds is 6. The summed E-state index contributed by atoms with van der Waals surface area (Å²) < 4.78 is 1.86. The number of nitrogens with zero attached hydrogens (tertiary/aromatic N) is 8. The minimum Gasteiger partial charge on any atom is -0.361 e. The summed E-state index contributed by atoms with van der Waals surface area (Å²) in [6.45, 7) is 7.64. The van der Waals surface area contributed by atoms with Crippen LogP contribution >= 0.6 is 0 Å². The molecule has 0 unspecified atom stereocenters. The fourth-order valence-electron chi connectivity index (χ4n) is 4.33. The summed E-state index contributed by atoms with van der Waals surface area (Å²) >= 11 is 0. The van der Waals surface area contributed by atoms with E-state index in [2.05, 4.69) is 58.2 Å². The number of hydrogen-bond donors (Lipinski definition) is 3. The van der Waals surface area contributed by atoms with Crippen molar-refractivity contribution in [3.05, 3.63) is 59.2 Å². The smallest absolute Gasteiger partial charge is 0.297 e. The molecule has 37 heavy (non-hydrogen) atoms. The first kappa shape index (κ1) is 24.1. The molecule has 1 atom stereocenters. The minimum absolute atomic E-state index is 0.0232. The van der Waals surface area contributed by atoms with Crippen LogP contribution in [0.5, 0.6) is 0 Å². The summed E-state index contributed by atoms with van der Waals surface area (Å²) in [5.41, 5.74) is 6.13. The van der Waals surface area contributed by atoms with Gasteiger partial charge in [0.2, 0.25) is 0 Å². The normalized spacial score (nSPS) is 14.1. The largest absolute Gasteiger partial charge is 0.361 e. The molecular weight excluding hydrogens is 474 g/mol. The van der Waals surface area contributed by atoms with Gasteiger partial charge in [0.15, 0.2) is 17.3 Å². The summed E-state index contributed by atoms with van der Waals surface area (Å²) in [4.78, 5) is 33.0. The van der Waals surface area contributed by atoms with Gasteiger partial charge >= 0.3 is 0 Å². The summed E-state index contributed by atoms with van der Waals surface area (Å²) in [6, 6.07) is 9.30. The number of hydroxylamine groups is 1. The highest BCUT2D eigenvalue weighted by atomic mass is 16.6. The molecular formula is C24H27N11O2. The molecule has 1 aromatic carbocycles. The molecule has 0 saturated heterocycles. The molecule has 0 spiro atoms. The zero-order chi connectivity index (χ0) is 26.3. The van der Waals surface area contributed by atoms with Crippen molar-refractivity contribution in [1.82, 2.24) is 40.4 Å². The topological polar surface area (TPSA) is 148 Å². The Morgan fingerprint density at radius 2 is 1.78 bits per heavy atom. The number of anilines is 5. The molecule has 3 N–H and O–H groups in total. The van der Waals surface area contributed by atoms with Crippen LogP contribution < -0.4 is 21.0 Å². The van der Waals surface area contributed by atoms with Crippen molar-refractivity contribution in [2.45, 2.75) is 33.7 Å². The monoisotopic (exact) mass is 501 g/mol. The van der Waals surface area contributed by atoms with Gasteiger partial charge in [0.25, 0.3) is 5.91 Å². The Hall–Kier alpha value is -4.65. The molecule has 0 saturated carbocycles. The number of amides is 1. The van der Waals surface area contributed by atoms with Gasteiger partial charge in [0.05, 0.1) is 35.9 Å². The van der Waals surface area contributed by atoms with E-state index < -0.39 is 5.91 Å². The lowest BCUT2D eigenvalue weighted by Crippen LogP contribution is -2.31. The zero-order valence-electron chi connectivity index (χ0n) is 21.4. The first-order valence-electron chi connectivity index (χ1n) is 11.6. The molecule has 13 heteroatoms. The summed E-state index contributed by atoms with van der Waals surface area (Å²) in [5, 5.41) is 19.5. The van der Waals surface area contributed by atoms with E-state index in [0.29, 0.717) is 29.0 Å². The van der Waals surface area contributed by atoms with Crippen LogP contribution in [0.25, 0.3) is 5.69 Å². The van der Waals surface area contributed by atoms with Crippen LogP contribution in [0.3, 0.4) is 0 Å². The number of fused-ring (bicyclic) bond motifs is 3. The highest BCUT2D eigenvalue weighted by molar-refractivity contribution is 5.99. The Morgan fingerprint density at radius 3 is 2.54 bits per heavy atom. The molecule has 5 rings (SSSR count). The molecule has 1 aliphatic heterocycles. The van der Waals surface area contributed by atoms with Crippen LogP contribution in [-0.2, 0) is 4.84 Å². The van der Waals surface area contributed by atoms with E-state index in [-0.39, 0.29) is 11.7 Å². The Kier molecular flexibility index (Phi) is 6.13. The van der Waals surface area contributed by atoms with Gasteiger partial charge in [-0.15, -0.1) is 10.2 Å². The molecule has 4 aromatic rings. The SMILES string of the molecule is CONC(=O)c1nnc(Nc2cc(C)nc(C)n2)cc1Nc1cccc2c1N(C)[C@@H](C)c1nc(C)nn1-2. The van der Waals surface area contributed by atoms with Crippen LogP contribution in [0.15, 0.2) is 30.3 Å². The maximum atomic E-state index is 12.7. The predicted molar refractivity (Wildman–Crippen MR) is 137 cm³/mol. The first-order valence-corrected chi connectivity index (χ1v) is 11.6. The van der Waals surface area contributed by atoms with Gasteiger partial charge in [-0.1, -0.05) is 6.07 Å². The molecule has 190 valence electrons. The lowest BCUT2D eigenvalue weighted by atomic mass is 10.1. The van der Waals surface area contributed by atoms with E-state index in [0.717, 1.165) is 28.6 Å². The molecule has 1 amide bonds. The predicted octanol–water partition coefficient (Wildman–Crippen LogP) is 3.06. The maximum Gasteiger partial charge on any atom is 0.297 e. The zero-order valence-corrected chi connectivity index (χ0v) is 21.4. The maximum absolute atomic E-state index is 12.7. The van der Waals surface area contributed by atoms with Crippen molar-refractivity contribution in [2.75, 3.05) is 29.7 Å². The minimum atomic E-state index is -0.543. The van der Waals surface area contributed by atoms with E-state index in [1.165, 1.54) is 7.11 Å². The van der Waals surface area contributed by atoms with Gasteiger partial charge in [-0.25, -0.2) is 25.1 Å². The van der Waals surface area contributed by atoms with Gasteiger partial charge in [-0.05, 0) is 39.8 Å². The standard InChI is InChI=1S/C24H27N11O2/c1-12-10-19(26-14(3)25-12)29-20-11-17(21(31-30-20)24(36)33-37-6)28-16-8-7-9-18-22(16)34(5)13(2)23-27-15(4)32-35(18)23/h7-11,13H,1-6H3,(H,33,36)(H2,25,26,28,29,30)/t13-/m0/s1. The molecule has 13 nitrogen and oxygen atoms in total. The lowest BCUT2D eigenvalue weighted by molar-refractivity contribution is 0.0532. The van der Waals surface area contributed by atoms with Gasteiger partial charge in [0, 0.05) is 24.9 Å². The van der Waals surface area contributed by atoms with Crippen molar-refractivity contribution in [2.24, 2.45) is 0 Å². The molecule has 1 aliphatic rings. The summed E-state index contributed by atoms with van der Waals surface area (Å²) in [5.74, 6) is 2.61. The number of aromatic nitrogens is 7. The lowest BCUT2D eigenvalue weighted by Gasteiger charge is -2.34.